The second-order valence-electron chi connectivity index (χ2n) is 6.81. The molecule has 0 atom stereocenters. The number of para-hydroxylation sites is 1. The van der Waals surface area contributed by atoms with Gasteiger partial charge in [0.15, 0.2) is 5.82 Å². The standard InChI is InChI=1S/C23H18N6OS2/c30-21(15-32-23-25-22(26-27-23)19-12-7-13-31-19)24-20-14-18(16-8-3-1-4-9-16)28-29(20)17-10-5-2-6-11-17/h1-14H,15H2,(H,24,30)(H,25,26,27). The summed E-state index contributed by atoms with van der Waals surface area (Å²) in [4.78, 5) is 18.2. The van der Waals surface area contributed by atoms with E-state index in [0.29, 0.717) is 16.8 Å². The molecule has 2 N–H and O–H groups in total. The normalized spacial score (nSPS) is 10.9. The topological polar surface area (TPSA) is 88.5 Å². The Labute approximate surface area is 192 Å². The first-order chi connectivity index (χ1) is 15.8. The van der Waals surface area contributed by atoms with Crippen molar-refractivity contribution in [3.05, 3.63) is 84.2 Å². The summed E-state index contributed by atoms with van der Waals surface area (Å²) in [5.74, 6) is 1.34. The molecule has 0 unspecified atom stereocenters. The zero-order valence-corrected chi connectivity index (χ0v) is 18.4. The number of nitrogens with zero attached hydrogens (tertiary/aromatic N) is 4. The number of thiophene rings is 1. The van der Waals surface area contributed by atoms with Crippen molar-refractivity contribution in [2.45, 2.75) is 5.16 Å². The molecule has 0 fully saturated rings. The Kier molecular flexibility index (Phi) is 5.82. The average molecular weight is 459 g/mol. The Morgan fingerprint density at radius 2 is 1.81 bits per heavy atom. The third-order valence-corrected chi connectivity index (χ3v) is 6.32. The highest BCUT2D eigenvalue weighted by Gasteiger charge is 2.15. The van der Waals surface area contributed by atoms with Crippen LogP contribution in [0, 0.1) is 0 Å². The molecule has 0 aliphatic rings. The summed E-state index contributed by atoms with van der Waals surface area (Å²) in [6.45, 7) is 0. The number of thioether (sulfide) groups is 1. The van der Waals surface area contributed by atoms with Gasteiger partial charge in [0.1, 0.15) is 5.82 Å². The smallest absolute Gasteiger partial charge is 0.236 e. The van der Waals surface area contributed by atoms with Gasteiger partial charge in [0.2, 0.25) is 11.1 Å². The van der Waals surface area contributed by atoms with Crippen molar-refractivity contribution in [2.24, 2.45) is 0 Å². The van der Waals surface area contributed by atoms with Crippen LogP contribution in [0.2, 0.25) is 0 Å². The lowest BCUT2D eigenvalue weighted by atomic mass is 10.2. The second kappa shape index (κ2) is 9.21. The van der Waals surface area contributed by atoms with Crippen LogP contribution in [-0.4, -0.2) is 36.6 Å². The molecule has 0 saturated carbocycles. The van der Waals surface area contributed by atoms with E-state index in [1.807, 2.05) is 84.2 Å². The highest BCUT2D eigenvalue weighted by Crippen LogP contribution is 2.26. The van der Waals surface area contributed by atoms with Gasteiger partial charge in [-0.05, 0) is 23.6 Å². The van der Waals surface area contributed by atoms with Gasteiger partial charge in [-0.3, -0.25) is 9.89 Å². The van der Waals surface area contributed by atoms with Gasteiger partial charge in [-0.15, -0.1) is 16.4 Å². The molecule has 3 heterocycles. The molecule has 5 rings (SSSR count). The number of aromatic nitrogens is 5. The number of carbonyl (C=O) groups excluding carboxylic acids is 1. The van der Waals surface area contributed by atoms with E-state index in [4.69, 9.17) is 5.10 Å². The quantitative estimate of drug-likeness (QED) is 0.331. The lowest BCUT2D eigenvalue weighted by Crippen LogP contribution is -2.17. The van der Waals surface area contributed by atoms with Gasteiger partial charge >= 0.3 is 0 Å². The predicted molar refractivity (Wildman–Crippen MR) is 128 cm³/mol. The van der Waals surface area contributed by atoms with E-state index in [-0.39, 0.29) is 11.7 Å². The Hall–Kier alpha value is -3.69. The molecule has 7 nitrogen and oxygen atoms in total. The van der Waals surface area contributed by atoms with E-state index in [1.165, 1.54) is 11.8 Å². The van der Waals surface area contributed by atoms with E-state index in [1.54, 1.807) is 16.0 Å². The van der Waals surface area contributed by atoms with Gasteiger partial charge < -0.3 is 5.32 Å². The highest BCUT2D eigenvalue weighted by atomic mass is 32.2. The molecular weight excluding hydrogens is 440 g/mol. The van der Waals surface area contributed by atoms with Crippen molar-refractivity contribution in [3.8, 4) is 27.6 Å². The molecule has 0 aliphatic heterocycles. The highest BCUT2D eigenvalue weighted by molar-refractivity contribution is 7.99. The third-order valence-electron chi connectivity index (χ3n) is 4.60. The van der Waals surface area contributed by atoms with Crippen molar-refractivity contribution in [2.75, 3.05) is 11.1 Å². The van der Waals surface area contributed by atoms with E-state index in [9.17, 15) is 4.79 Å². The lowest BCUT2D eigenvalue weighted by Gasteiger charge is -2.08. The van der Waals surface area contributed by atoms with Crippen molar-refractivity contribution < 1.29 is 4.79 Å². The maximum atomic E-state index is 12.7. The minimum absolute atomic E-state index is 0.158. The molecule has 2 aromatic carbocycles. The molecular formula is C23H18N6OS2. The molecule has 0 aliphatic carbocycles. The summed E-state index contributed by atoms with van der Waals surface area (Å²) < 4.78 is 1.74. The monoisotopic (exact) mass is 458 g/mol. The average Bonchev–Trinajstić information content (AvgIpc) is 3.59. The van der Waals surface area contributed by atoms with Crippen molar-refractivity contribution in [1.29, 1.82) is 0 Å². The maximum Gasteiger partial charge on any atom is 0.236 e. The molecule has 0 saturated heterocycles. The molecule has 3 aromatic heterocycles. The van der Waals surface area contributed by atoms with Crippen LogP contribution in [-0.2, 0) is 4.79 Å². The first kappa shape index (κ1) is 20.2. The van der Waals surface area contributed by atoms with Crippen LogP contribution in [0.25, 0.3) is 27.6 Å². The summed E-state index contributed by atoms with van der Waals surface area (Å²) in [6.07, 6.45) is 0. The minimum Gasteiger partial charge on any atom is -0.310 e. The van der Waals surface area contributed by atoms with E-state index in [2.05, 4.69) is 20.5 Å². The SMILES string of the molecule is O=C(CSc1n[nH]c(-c2cccs2)n1)Nc1cc(-c2ccccc2)nn1-c1ccccc1. The number of H-pyrrole nitrogens is 1. The zero-order valence-electron chi connectivity index (χ0n) is 16.8. The number of hydrogen-bond donors (Lipinski definition) is 2. The molecule has 0 radical (unpaired) electrons. The lowest BCUT2D eigenvalue weighted by molar-refractivity contribution is -0.113. The predicted octanol–water partition coefficient (Wildman–Crippen LogP) is 5.12. The third kappa shape index (κ3) is 4.48. The molecule has 0 bridgehead atoms. The van der Waals surface area contributed by atoms with Gasteiger partial charge in [0, 0.05) is 11.6 Å². The summed E-state index contributed by atoms with van der Waals surface area (Å²) in [5, 5.41) is 17.3. The first-order valence-electron chi connectivity index (χ1n) is 9.86. The first-order valence-corrected chi connectivity index (χ1v) is 11.7. The Morgan fingerprint density at radius 3 is 2.56 bits per heavy atom. The number of benzene rings is 2. The summed E-state index contributed by atoms with van der Waals surface area (Å²) >= 11 is 2.86. The van der Waals surface area contributed by atoms with Gasteiger partial charge in [-0.25, -0.2) is 9.67 Å². The fraction of sp³-hybridized carbons (Fsp3) is 0.0435. The largest absolute Gasteiger partial charge is 0.310 e. The van der Waals surface area contributed by atoms with Crippen LogP contribution in [0.15, 0.2) is 89.4 Å². The summed E-state index contributed by atoms with van der Waals surface area (Å²) in [5.41, 5.74) is 2.63. The van der Waals surface area contributed by atoms with Crippen LogP contribution in [0.1, 0.15) is 0 Å². The number of nitrogens with one attached hydrogen (secondary N) is 2. The Morgan fingerprint density at radius 1 is 1.03 bits per heavy atom. The van der Waals surface area contributed by atoms with Crippen LogP contribution in [0.5, 0.6) is 0 Å². The number of amides is 1. The van der Waals surface area contributed by atoms with Crippen LogP contribution in [0.4, 0.5) is 5.82 Å². The maximum absolute atomic E-state index is 12.7. The summed E-state index contributed by atoms with van der Waals surface area (Å²) in [6, 6.07) is 25.4. The number of anilines is 1. The molecule has 158 valence electrons. The Balaban J connectivity index is 1.32. The molecule has 32 heavy (non-hydrogen) atoms. The minimum atomic E-state index is -0.158. The van der Waals surface area contributed by atoms with E-state index < -0.39 is 0 Å². The fourth-order valence-electron chi connectivity index (χ4n) is 3.13. The number of aromatic amines is 1. The molecule has 5 aromatic rings. The Bertz CT molecular complexity index is 1310. The van der Waals surface area contributed by atoms with Crippen LogP contribution in [0.3, 0.4) is 0 Å². The van der Waals surface area contributed by atoms with E-state index >= 15 is 0 Å². The number of rotatable bonds is 7. The van der Waals surface area contributed by atoms with Gasteiger partial charge in [0.25, 0.3) is 0 Å². The van der Waals surface area contributed by atoms with Gasteiger partial charge in [0.05, 0.1) is 22.0 Å². The van der Waals surface area contributed by atoms with Crippen molar-refractivity contribution in [3.63, 3.8) is 0 Å². The number of hydrogen-bond acceptors (Lipinski definition) is 6. The zero-order chi connectivity index (χ0) is 21.8. The molecule has 1 amide bonds. The van der Waals surface area contributed by atoms with Crippen LogP contribution >= 0.6 is 23.1 Å². The van der Waals surface area contributed by atoms with Crippen molar-refractivity contribution >= 4 is 34.8 Å². The molecule has 9 heteroatoms. The second-order valence-corrected chi connectivity index (χ2v) is 8.70. The van der Waals surface area contributed by atoms with E-state index in [0.717, 1.165) is 21.8 Å². The van der Waals surface area contributed by atoms with Crippen LogP contribution < -0.4 is 5.32 Å². The fourth-order valence-corrected chi connectivity index (χ4v) is 4.39. The van der Waals surface area contributed by atoms with Crippen molar-refractivity contribution in [1.82, 2.24) is 25.0 Å². The number of carbonyl (C=O) groups is 1. The molecule has 0 spiro atoms. The van der Waals surface area contributed by atoms with Gasteiger partial charge in [-0.2, -0.15) is 5.10 Å². The summed E-state index contributed by atoms with van der Waals surface area (Å²) in [7, 11) is 0. The van der Waals surface area contributed by atoms with Gasteiger partial charge in [-0.1, -0.05) is 66.4 Å².